The first-order chi connectivity index (χ1) is 9.67. The molecule has 2 heterocycles. The van der Waals surface area contributed by atoms with E-state index in [1.165, 1.54) is 11.3 Å². The Morgan fingerprint density at radius 2 is 2.20 bits per heavy atom. The van der Waals surface area contributed by atoms with Crippen LogP contribution < -0.4 is 4.74 Å². The molecule has 0 amide bonds. The predicted molar refractivity (Wildman–Crippen MR) is 80.8 cm³/mol. The molecule has 0 aliphatic carbocycles. The van der Waals surface area contributed by atoms with Gasteiger partial charge in [0.15, 0.2) is 5.78 Å². The van der Waals surface area contributed by atoms with Gasteiger partial charge in [-0.05, 0) is 18.9 Å². The van der Waals surface area contributed by atoms with E-state index in [0.29, 0.717) is 12.5 Å². The molecule has 0 saturated carbocycles. The van der Waals surface area contributed by atoms with Crippen molar-refractivity contribution in [3.63, 3.8) is 0 Å². The Morgan fingerprint density at radius 1 is 1.45 bits per heavy atom. The number of methoxy groups -OCH3 is 1. The molecule has 2 aromatic rings. The van der Waals surface area contributed by atoms with Crippen molar-refractivity contribution in [2.75, 3.05) is 7.11 Å². The van der Waals surface area contributed by atoms with Crippen molar-refractivity contribution in [1.29, 1.82) is 0 Å². The van der Waals surface area contributed by atoms with Gasteiger partial charge in [-0.15, -0.1) is 11.3 Å². The average Bonchev–Trinajstić information content (AvgIpc) is 3.09. The van der Waals surface area contributed by atoms with Gasteiger partial charge in [0.25, 0.3) is 0 Å². The molecule has 0 fully saturated rings. The van der Waals surface area contributed by atoms with Crippen LogP contribution in [0.25, 0.3) is 0 Å². The Bertz CT molecular complexity index is 570. The van der Waals surface area contributed by atoms with Crippen molar-refractivity contribution < 1.29 is 9.53 Å². The first-order valence-electron chi connectivity index (χ1n) is 6.87. The first-order valence-corrected chi connectivity index (χ1v) is 7.75. The number of hydrogen-bond donors (Lipinski definition) is 0. The minimum atomic E-state index is 0.0908. The highest BCUT2D eigenvalue weighted by Gasteiger charge is 2.14. The van der Waals surface area contributed by atoms with Crippen LogP contribution in [0.4, 0.5) is 0 Å². The standard InChI is InChI=1S/C15H20N2O2S/c1-4-12(5-2)17-7-6-11(16-17)8-14(18)15-9-13(19-3)10-20-15/h6-7,9-10,12H,4-5,8H2,1-3H3. The van der Waals surface area contributed by atoms with Crippen molar-refractivity contribution in [3.8, 4) is 5.75 Å². The maximum Gasteiger partial charge on any atom is 0.178 e. The highest BCUT2D eigenvalue weighted by Crippen LogP contribution is 2.22. The number of aromatic nitrogens is 2. The fourth-order valence-corrected chi connectivity index (χ4v) is 2.96. The molecule has 20 heavy (non-hydrogen) atoms. The van der Waals surface area contributed by atoms with Gasteiger partial charge in [0, 0.05) is 17.6 Å². The Kier molecular flexibility index (Phi) is 4.95. The fraction of sp³-hybridized carbons (Fsp3) is 0.467. The number of carbonyl (C=O) groups is 1. The third-order valence-electron chi connectivity index (χ3n) is 3.41. The monoisotopic (exact) mass is 292 g/mol. The lowest BCUT2D eigenvalue weighted by Crippen LogP contribution is -2.09. The van der Waals surface area contributed by atoms with Gasteiger partial charge in [-0.25, -0.2) is 0 Å². The summed E-state index contributed by atoms with van der Waals surface area (Å²) in [5.74, 6) is 0.828. The van der Waals surface area contributed by atoms with Crippen LogP contribution in [0.2, 0.25) is 0 Å². The molecular weight excluding hydrogens is 272 g/mol. The SMILES string of the molecule is CCC(CC)n1ccc(CC(=O)c2cc(OC)cs2)n1. The van der Waals surface area contributed by atoms with Crippen LogP contribution in [0.5, 0.6) is 5.75 Å². The first kappa shape index (κ1) is 14.8. The van der Waals surface area contributed by atoms with Crippen LogP contribution in [-0.4, -0.2) is 22.7 Å². The number of hydrogen-bond acceptors (Lipinski definition) is 4. The van der Waals surface area contributed by atoms with Gasteiger partial charge < -0.3 is 4.74 Å². The zero-order chi connectivity index (χ0) is 14.5. The zero-order valence-corrected chi connectivity index (χ0v) is 12.9. The summed E-state index contributed by atoms with van der Waals surface area (Å²) >= 11 is 1.41. The summed E-state index contributed by atoms with van der Waals surface area (Å²) in [7, 11) is 1.60. The molecule has 0 aromatic carbocycles. The maximum absolute atomic E-state index is 12.2. The quantitative estimate of drug-likeness (QED) is 0.730. The molecule has 2 aromatic heterocycles. The topological polar surface area (TPSA) is 44.1 Å². The molecule has 108 valence electrons. The van der Waals surface area contributed by atoms with Gasteiger partial charge in [-0.3, -0.25) is 9.48 Å². The van der Waals surface area contributed by atoms with E-state index in [4.69, 9.17) is 4.74 Å². The second-order valence-corrected chi connectivity index (χ2v) is 5.62. The minimum Gasteiger partial charge on any atom is -0.496 e. The van der Waals surface area contributed by atoms with E-state index >= 15 is 0 Å². The van der Waals surface area contributed by atoms with E-state index in [-0.39, 0.29) is 5.78 Å². The second-order valence-electron chi connectivity index (χ2n) is 4.71. The number of ether oxygens (including phenoxy) is 1. The lowest BCUT2D eigenvalue weighted by atomic mass is 10.2. The summed E-state index contributed by atoms with van der Waals surface area (Å²) in [4.78, 5) is 12.9. The van der Waals surface area contributed by atoms with E-state index in [1.54, 1.807) is 13.2 Å². The van der Waals surface area contributed by atoms with Gasteiger partial charge in [0.05, 0.1) is 30.1 Å². The number of carbonyl (C=O) groups excluding carboxylic acids is 1. The maximum atomic E-state index is 12.2. The van der Waals surface area contributed by atoms with Gasteiger partial charge >= 0.3 is 0 Å². The molecule has 0 saturated heterocycles. The molecular formula is C15H20N2O2S. The molecule has 0 aliphatic rings. The molecule has 0 atom stereocenters. The van der Waals surface area contributed by atoms with Gasteiger partial charge in [0.2, 0.25) is 0 Å². The van der Waals surface area contributed by atoms with Crippen molar-refractivity contribution in [2.45, 2.75) is 39.2 Å². The van der Waals surface area contributed by atoms with Gasteiger partial charge in [-0.1, -0.05) is 13.8 Å². The van der Waals surface area contributed by atoms with Gasteiger partial charge in [-0.2, -0.15) is 5.10 Å². The number of rotatable bonds is 7. The van der Waals surface area contributed by atoms with Crippen molar-refractivity contribution in [1.82, 2.24) is 9.78 Å². The van der Waals surface area contributed by atoms with Gasteiger partial charge in [0.1, 0.15) is 5.75 Å². The summed E-state index contributed by atoms with van der Waals surface area (Å²) in [6.07, 6.45) is 4.41. The molecule has 5 heteroatoms. The number of Topliss-reactive ketones (excluding diaryl/α,β-unsaturated/α-hetero) is 1. The summed E-state index contributed by atoms with van der Waals surface area (Å²) in [5.41, 5.74) is 0.828. The fourth-order valence-electron chi connectivity index (χ4n) is 2.16. The van der Waals surface area contributed by atoms with E-state index in [2.05, 4.69) is 18.9 Å². The van der Waals surface area contributed by atoms with Crippen LogP contribution in [0.1, 0.15) is 48.1 Å². The highest BCUT2D eigenvalue weighted by atomic mass is 32.1. The normalized spacial score (nSPS) is 11.0. The Labute approximate surface area is 123 Å². The lowest BCUT2D eigenvalue weighted by molar-refractivity contribution is 0.0995. The number of ketones is 1. The summed E-state index contributed by atoms with van der Waals surface area (Å²) in [6.45, 7) is 4.30. The van der Waals surface area contributed by atoms with Crippen LogP contribution >= 0.6 is 11.3 Å². The molecule has 0 bridgehead atoms. The Hall–Kier alpha value is -1.62. The molecule has 2 rings (SSSR count). The molecule has 0 aliphatic heterocycles. The van der Waals surface area contributed by atoms with Crippen LogP contribution in [0.15, 0.2) is 23.7 Å². The molecule has 0 spiro atoms. The van der Waals surface area contributed by atoms with Crippen LogP contribution in [0.3, 0.4) is 0 Å². The third-order valence-corrected chi connectivity index (χ3v) is 4.36. The lowest BCUT2D eigenvalue weighted by Gasteiger charge is -2.12. The Balaban J connectivity index is 2.04. The smallest absolute Gasteiger partial charge is 0.178 e. The highest BCUT2D eigenvalue weighted by molar-refractivity contribution is 7.12. The average molecular weight is 292 g/mol. The van der Waals surface area contributed by atoms with Crippen LogP contribution in [0, 0.1) is 0 Å². The third kappa shape index (κ3) is 3.28. The number of nitrogens with zero attached hydrogens (tertiary/aromatic N) is 2. The Morgan fingerprint density at radius 3 is 2.80 bits per heavy atom. The van der Waals surface area contributed by atoms with Crippen molar-refractivity contribution in [2.24, 2.45) is 0 Å². The van der Waals surface area contributed by atoms with E-state index < -0.39 is 0 Å². The predicted octanol–water partition coefficient (Wildman–Crippen LogP) is 3.74. The van der Waals surface area contributed by atoms with Crippen LogP contribution in [-0.2, 0) is 6.42 Å². The van der Waals surface area contributed by atoms with E-state index in [0.717, 1.165) is 29.2 Å². The summed E-state index contributed by atoms with van der Waals surface area (Å²) in [5, 5.41) is 6.36. The van der Waals surface area contributed by atoms with Crippen molar-refractivity contribution >= 4 is 17.1 Å². The molecule has 4 nitrogen and oxygen atoms in total. The molecule has 0 radical (unpaired) electrons. The van der Waals surface area contributed by atoms with E-state index in [1.807, 2.05) is 22.3 Å². The van der Waals surface area contributed by atoms with Crippen molar-refractivity contribution in [3.05, 3.63) is 34.3 Å². The minimum absolute atomic E-state index is 0.0908. The zero-order valence-electron chi connectivity index (χ0n) is 12.1. The second kappa shape index (κ2) is 6.70. The molecule has 0 N–H and O–H groups in total. The van der Waals surface area contributed by atoms with E-state index in [9.17, 15) is 4.79 Å². The number of thiophene rings is 1. The summed E-state index contributed by atoms with van der Waals surface area (Å²) < 4.78 is 7.07. The largest absolute Gasteiger partial charge is 0.496 e. The molecule has 0 unspecified atom stereocenters. The summed E-state index contributed by atoms with van der Waals surface area (Å²) in [6, 6.07) is 4.13.